The van der Waals surface area contributed by atoms with Crippen LogP contribution in [0, 0.1) is 6.92 Å². The van der Waals surface area contributed by atoms with Gasteiger partial charge in [0, 0.05) is 26.2 Å². The van der Waals surface area contributed by atoms with Crippen LogP contribution in [0.2, 0.25) is 0 Å². The van der Waals surface area contributed by atoms with Gasteiger partial charge in [-0.05, 0) is 29.0 Å². The molecule has 1 N–H and O–H groups in total. The summed E-state index contributed by atoms with van der Waals surface area (Å²) in [6, 6.07) is 6.52. The van der Waals surface area contributed by atoms with Crippen LogP contribution in [0.15, 0.2) is 18.2 Å². The zero-order chi connectivity index (χ0) is 14.8. The minimum atomic E-state index is 0.126. The average Bonchev–Trinajstić information content (AvgIpc) is 2.41. The topological polar surface area (TPSA) is 32.3 Å². The number of hydrogen-bond donors (Lipinski definition) is 1. The van der Waals surface area contributed by atoms with Gasteiger partial charge in [0.05, 0.1) is 6.42 Å². The Kier molecular flexibility index (Phi) is 4.48. The van der Waals surface area contributed by atoms with Crippen molar-refractivity contribution in [1.82, 2.24) is 10.2 Å². The van der Waals surface area contributed by atoms with E-state index in [0.29, 0.717) is 6.42 Å². The molecule has 0 bridgehead atoms. The van der Waals surface area contributed by atoms with E-state index in [1.807, 2.05) is 4.90 Å². The summed E-state index contributed by atoms with van der Waals surface area (Å²) >= 11 is 0. The molecule has 1 aromatic rings. The molecule has 3 nitrogen and oxygen atoms in total. The van der Waals surface area contributed by atoms with Gasteiger partial charge in [0.15, 0.2) is 0 Å². The van der Waals surface area contributed by atoms with Crippen LogP contribution in [0.25, 0.3) is 0 Å². The molecule has 0 saturated carbocycles. The first-order chi connectivity index (χ1) is 9.38. The first-order valence-corrected chi connectivity index (χ1v) is 7.46. The Labute approximate surface area is 122 Å². The first kappa shape index (κ1) is 15.0. The molecule has 1 aliphatic heterocycles. The predicted octanol–water partition coefficient (Wildman–Crippen LogP) is 2.27. The van der Waals surface area contributed by atoms with E-state index in [1.165, 1.54) is 16.7 Å². The number of benzene rings is 1. The number of amides is 1. The number of piperazine rings is 1. The number of aryl methyl sites for hydroxylation is 1. The Hall–Kier alpha value is -1.35. The van der Waals surface area contributed by atoms with Gasteiger partial charge < -0.3 is 10.2 Å². The van der Waals surface area contributed by atoms with Gasteiger partial charge in [0.1, 0.15) is 0 Å². The molecule has 1 heterocycles. The molecule has 1 amide bonds. The third kappa shape index (κ3) is 3.60. The van der Waals surface area contributed by atoms with Gasteiger partial charge in [0.2, 0.25) is 5.91 Å². The van der Waals surface area contributed by atoms with Crippen LogP contribution in [0.1, 0.15) is 37.5 Å². The van der Waals surface area contributed by atoms with E-state index in [4.69, 9.17) is 0 Å². The van der Waals surface area contributed by atoms with Crippen LogP contribution < -0.4 is 5.32 Å². The van der Waals surface area contributed by atoms with Crippen LogP contribution in [0.3, 0.4) is 0 Å². The van der Waals surface area contributed by atoms with Gasteiger partial charge in [-0.25, -0.2) is 0 Å². The summed E-state index contributed by atoms with van der Waals surface area (Å²) in [6.45, 7) is 12.2. The van der Waals surface area contributed by atoms with Gasteiger partial charge >= 0.3 is 0 Å². The first-order valence-electron chi connectivity index (χ1n) is 7.46. The van der Waals surface area contributed by atoms with E-state index in [0.717, 1.165) is 26.2 Å². The van der Waals surface area contributed by atoms with Crippen LogP contribution >= 0.6 is 0 Å². The number of hydrogen-bond acceptors (Lipinski definition) is 2. The summed E-state index contributed by atoms with van der Waals surface area (Å²) < 4.78 is 0. The van der Waals surface area contributed by atoms with Crippen molar-refractivity contribution in [1.29, 1.82) is 0 Å². The zero-order valence-electron chi connectivity index (χ0n) is 13.1. The lowest BCUT2D eigenvalue weighted by Gasteiger charge is -2.28. The number of carbonyl (C=O) groups excluding carboxylic acids is 1. The van der Waals surface area contributed by atoms with Gasteiger partial charge in [-0.15, -0.1) is 0 Å². The maximum atomic E-state index is 12.4. The normalized spacial score (nSPS) is 16.3. The number of nitrogens with one attached hydrogen (secondary N) is 1. The zero-order valence-corrected chi connectivity index (χ0v) is 13.1. The van der Waals surface area contributed by atoms with E-state index in [1.54, 1.807) is 0 Å². The van der Waals surface area contributed by atoms with Gasteiger partial charge in [-0.3, -0.25) is 4.79 Å². The van der Waals surface area contributed by atoms with Crippen molar-refractivity contribution in [2.24, 2.45) is 0 Å². The third-order valence-corrected chi connectivity index (χ3v) is 4.03. The van der Waals surface area contributed by atoms with Crippen LogP contribution in [-0.2, 0) is 16.6 Å². The predicted molar refractivity (Wildman–Crippen MR) is 83.0 cm³/mol. The molecule has 0 aliphatic carbocycles. The Morgan fingerprint density at radius 1 is 1.25 bits per heavy atom. The SMILES string of the molecule is Cc1ccc(C(C)(C)C)cc1CC(=O)N1CCNCC1. The lowest BCUT2D eigenvalue weighted by Crippen LogP contribution is -2.47. The van der Waals surface area contributed by atoms with Crippen LogP contribution in [0.4, 0.5) is 0 Å². The largest absolute Gasteiger partial charge is 0.340 e. The molecule has 0 aromatic heterocycles. The number of carbonyl (C=O) groups is 1. The van der Waals surface area contributed by atoms with Crippen molar-refractivity contribution in [3.63, 3.8) is 0 Å². The van der Waals surface area contributed by atoms with E-state index < -0.39 is 0 Å². The summed E-state index contributed by atoms with van der Waals surface area (Å²) in [5, 5.41) is 3.28. The molecular formula is C17H26N2O. The molecule has 1 aromatic carbocycles. The molecule has 1 saturated heterocycles. The smallest absolute Gasteiger partial charge is 0.227 e. The highest BCUT2D eigenvalue weighted by Gasteiger charge is 2.19. The summed E-state index contributed by atoms with van der Waals surface area (Å²) in [7, 11) is 0. The molecule has 1 fully saturated rings. The quantitative estimate of drug-likeness (QED) is 0.897. The average molecular weight is 274 g/mol. The second-order valence-electron chi connectivity index (χ2n) is 6.70. The number of rotatable bonds is 2. The van der Waals surface area contributed by atoms with Crippen molar-refractivity contribution in [2.75, 3.05) is 26.2 Å². The van der Waals surface area contributed by atoms with Crippen molar-refractivity contribution >= 4 is 5.91 Å². The summed E-state index contributed by atoms with van der Waals surface area (Å²) in [5.41, 5.74) is 3.80. The Morgan fingerprint density at radius 3 is 2.50 bits per heavy atom. The second-order valence-corrected chi connectivity index (χ2v) is 6.70. The molecular weight excluding hydrogens is 248 g/mol. The molecule has 0 atom stereocenters. The fraction of sp³-hybridized carbons (Fsp3) is 0.588. The highest BCUT2D eigenvalue weighted by atomic mass is 16.2. The lowest BCUT2D eigenvalue weighted by atomic mass is 9.85. The fourth-order valence-electron chi connectivity index (χ4n) is 2.52. The van der Waals surface area contributed by atoms with Crippen LogP contribution in [-0.4, -0.2) is 37.0 Å². The summed E-state index contributed by atoms with van der Waals surface area (Å²) in [4.78, 5) is 14.4. The Bertz CT molecular complexity index is 482. The molecule has 0 spiro atoms. The van der Waals surface area contributed by atoms with E-state index in [-0.39, 0.29) is 11.3 Å². The maximum Gasteiger partial charge on any atom is 0.227 e. The molecule has 0 radical (unpaired) electrons. The maximum absolute atomic E-state index is 12.4. The van der Waals surface area contributed by atoms with Crippen molar-refractivity contribution in [2.45, 2.75) is 39.5 Å². The van der Waals surface area contributed by atoms with Gasteiger partial charge in [0.25, 0.3) is 0 Å². The molecule has 3 heteroatoms. The Morgan fingerprint density at radius 2 is 1.90 bits per heavy atom. The Balaban J connectivity index is 2.13. The van der Waals surface area contributed by atoms with Crippen molar-refractivity contribution in [3.05, 3.63) is 34.9 Å². The van der Waals surface area contributed by atoms with Gasteiger partial charge in [-0.2, -0.15) is 0 Å². The van der Waals surface area contributed by atoms with Crippen molar-refractivity contribution in [3.8, 4) is 0 Å². The molecule has 110 valence electrons. The minimum Gasteiger partial charge on any atom is -0.340 e. The monoisotopic (exact) mass is 274 g/mol. The second kappa shape index (κ2) is 5.96. The molecule has 1 aliphatic rings. The van der Waals surface area contributed by atoms with Crippen molar-refractivity contribution < 1.29 is 4.79 Å². The fourth-order valence-corrected chi connectivity index (χ4v) is 2.52. The molecule has 2 rings (SSSR count). The highest BCUT2D eigenvalue weighted by molar-refractivity contribution is 5.79. The van der Waals surface area contributed by atoms with E-state index >= 15 is 0 Å². The third-order valence-electron chi connectivity index (χ3n) is 4.03. The van der Waals surface area contributed by atoms with E-state index in [9.17, 15) is 4.79 Å². The number of nitrogens with zero attached hydrogens (tertiary/aromatic N) is 1. The molecule has 0 unspecified atom stereocenters. The van der Waals surface area contributed by atoms with Crippen LogP contribution in [0.5, 0.6) is 0 Å². The summed E-state index contributed by atoms with van der Waals surface area (Å²) in [5.74, 6) is 0.251. The van der Waals surface area contributed by atoms with Gasteiger partial charge in [-0.1, -0.05) is 39.0 Å². The standard InChI is InChI=1S/C17H26N2O/c1-13-5-6-15(17(2,3)4)11-14(13)12-16(20)19-9-7-18-8-10-19/h5-6,11,18H,7-10,12H2,1-4H3. The summed E-state index contributed by atoms with van der Waals surface area (Å²) in [6.07, 6.45) is 0.524. The highest BCUT2D eigenvalue weighted by Crippen LogP contribution is 2.25. The molecule has 20 heavy (non-hydrogen) atoms. The minimum absolute atomic E-state index is 0.126. The lowest BCUT2D eigenvalue weighted by molar-refractivity contribution is -0.131. The van der Waals surface area contributed by atoms with E-state index in [2.05, 4.69) is 51.2 Å².